The summed E-state index contributed by atoms with van der Waals surface area (Å²) in [6.07, 6.45) is 1.43. The molecular formula is C19H19N3O7. The van der Waals surface area contributed by atoms with Crippen molar-refractivity contribution in [3.63, 3.8) is 0 Å². The molecule has 0 aliphatic carbocycles. The van der Waals surface area contributed by atoms with Gasteiger partial charge in [0, 0.05) is 6.07 Å². The van der Waals surface area contributed by atoms with Crippen LogP contribution in [0.25, 0.3) is 0 Å². The largest absolute Gasteiger partial charge is 0.493 e. The molecule has 1 aliphatic heterocycles. The van der Waals surface area contributed by atoms with Crippen LogP contribution in [0.4, 0.5) is 0 Å². The molecule has 0 unspecified atom stereocenters. The number of fused-ring (bicyclic) bond motifs is 1. The van der Waals surface area contributed by atoms with E-state index in [-0.39, 0.29) is 20.0 Å². The molecule has 0 fully saturated rings. The summed E-state index contributed by atoms with van der Waals surface area (Å²) in [5, 5.41) is 3.87. The Kier molecular flexibility index (Phi) is 6.36. The van der Waals surface area contributed by atoms with Crippen LogP contribution in [-0.4, -0.2) is 45.1 Å². The van der Waals surface area contributed by atoms with Crippen LogP contribution in [0.1, 0.15) is 5.56 Å². The summed E-state index contributed by atoms with van der Waals surface area (Å²) in [4.78, 5) is 22.7. The molecule has 0 aromatic heterocycles. The first-order chi connectivity index (χ1) is 14.0. The molecule has 0 bridgehead atoms. The molecule has 0 spiro atoms. The van der Waals surface area contributed by atoms with E-state index in [4.69, 9.17) is 29.4 Å². The molecule has 1 aliphatic rings. The minimum Gasteiger partial charge on any atom is -0.493 e. The molecule has 2 aromatic rings. The van der Waals surface area contributed by atoms with Crippen molar-refractivity contribution in [1.29, 1.82) is 0 Å². The summed E-state index contributed by atoms with van der Waals surface area (Å²) in [5.74, 6) is 1.41. The molecule has 1 heterocycles. The van der Waals surface area contributed by atoms with E-state index in [1.165, 1.54) is 13.3 Å². The number of nitrogens with two attached hydrogens (primary N) is 1. The fourth-order valence-electron chi connectivity index (χ4n) is 2.36. The van der Waals surface area contributed by atoms with Gasteiger partial charge in [-0.2, -0.15) is 5.10 Å². The molecule has 2 aromatic carbocycles. The predicted molar refractivity (Wildman–Crippen MR) is 101 cm³/mol. The topological polar surface area (TPSA) is 131 Å². The average Bonchev–Trinajstić information content (AvgIpc) is 3.19. The van der Waals surface area contributed by atoms with Crippen LogP contribution in [0.15, 0.2) is 41.5 Å². The first-order valence-corrected chi connectivity index (χ1v) is 8.48. The minimum atomic E-state index is -0.594. The van der Waals surface area contributed by atoms with Gasteiger partial charge in [0.15, 0.2) is 36.2 Å². The summed E-state index contributed by atoms with van der Waals surface area (Å²) in [6, 6.07) is 9.95. The molecule has 2 amide bonds. The van der Waals surface area contributed by atoms with Crippen LogP contribution in [0.2, 0.25) is 0 Å². The molecule has 0 saturated heterocycles. The van der Waals surface area contributed by atoms with E-state index in [0.717, 1.165) is 0 Å². The highest BCUT2D eigenvalue weighted by atomic mass is 16.7. The third-order valence-corrected chi connectivity index (χ3v) is 3.67. The fourth-order valence-corrected chi connectivity index (χ4v) is 2.36. The number of nitrogens with one attached hydrogen (secondary N) is 1. The van der Waals surface area contributed by atoms with Gasteiger partial charge in [-0.05, 0) is 35.9 Å². The lowest BCUT2D eigenvalue weighted by atomic mass is 10.2. The standard InChI is InChI=1S/C19H19N3O7/c1-25-16-6-12(2-4-14(16)27-9-18(20)23)8-21-22-19(24)10-26-13-3-5-15-17(7-13)29-11-28-15/h2-8H,9-11H2,1H3,(H2,20,23)(H,22,24). The van der Waals surface area contributed by atoms with Gasteiger partial charge >= 0.3 is 0 Å². The zero-order chi connectivity index (χ0) is 20.6. The van der Waals surface area contributed by atoms with Gasteiger partial charge in [-0.15, -0.1) is 0 Å². The Morgan fingerprint density at radius 1 is 1.10 bits per heavy atom. The first kappa shape index (κ1) is 19.8. The van der Waals surface area contributed by atoms with Crippen LogP contribution in [-0.2, 0) is 9.59 Å². The average molecular weight is 401 g/mol. The van der Waals surface area contributed by atoms with E-state index in [9.17, 15) is 9.59 Å². The number of hydrazone groups is 1. The van der Waals surface area contributed by atoms with Gasteiger partial charge in [-0.3, -0.25) is 9.59 Å². The number of nitrogens with zero attached hydrogens (tertiary/aromatic N) is 1. The van der Waals surface area contributed by atoms with Gasteiger partial charge in [-0.25, -0.2) is 5.43 Å². The number of primary amides is 1. The molecule has 10 heteroatoms. The molecule has 152 valence electrons. The Morgan fingerprint density at radius 2 is 1.93 bits per heavy atom. The number of hydrogen-bond acceptors (Lipinski definition) is 8. The third-order valence-electron chi connectivity index (χ3n) is 3.67. The van der Waals surface area contributed by atoms with Gasteiger partial charge in [-0.1, -0.05) is 0 Å². The number of carbonyl (C=O) groups excluding carboxylic acids is 2. The highest BCUT2D eigenvalue weighted by Gasteiger charge is 2.14. The number of ether oxygens (including phenoxy) is 5. The SMILES string of the molecule is COc1cc(C=NNC(=O)COc2ccc3c(c2)OCO3)ccc1OCC(N)=O. The first-order valence-electron chi connectivity index (χ1n) is 8.48. The van der Waals surface area contributed by atoms with E-state index in [0.29, 0.717) is 34.3 Å². The van der Waals surface area contributed by atoms with Crippen molar-refractivity contribution in [2.75, 3.05) is 27.1 Å². The van der Waals surface area contributed by atoms with Gasteiger partial charge in [0.05, 0.1) is 13.3 Å². The van der Waals surface area contributed by atoms with Crippen molar-refractivity contribution in [2.24, 2.45) is 10.8 Å². The summed E-state index contributed by atoms with van der Waals surface area (Å²) < 4.78 is 26.3. The summed E-state index contributed by atoms with van der Waals surface area (Å²) in [6.45, 7) is -0.319. The minimum absolute atomic E-state index is 0.164. The number of rotatable bonds is 9. The number of methoxy groups -OCH3 is 1. The van der Waals surface area contributed by atoms with Crippen molar-refractivity contribution >= 4 is 18.0 Å². The Hall–Kier alpha value is -3.95. The maximum Gasteiger partial charge on any atom is 0.277 e. The van der Waals surface area contributed by atoms with E-state index in [1.54, 1.807) is 36.4 Å². The Morgan fingerprint density at radius 3 is 2.72 bits per heavy atom. The smallest absolute Gasteiger partial charge is 0.277 e. The molecule has 10 nitrogen and oxygen atoms in total. The van der Waals surface area contributed by atoms with Gasteiger partial charge in [0.1, 0.15) is 5.75 Å². The zero-order valence-electron chi connectivity index (χ0n) is 15.5. The second-order valence-corrected chi connectivity index (χ2v) is 5.76. The molecule has 0 atom stereocenters. The Balaban J connectivity index is 1.49. The third kappa shape index (κ3) is 5.51. The van der Waals surface area contributed by atoms with E-state index >= 15 is 0 Å². The lowest BCUT2D eigenvalue weighted by Gasteiger charge is -2.09. The number of hydrogen-bond donors (Lipinski definition) is 2. The van der Waals surface area contributed by atoms with E-state index in [1.807, 2.05) is 0 Å². The number of amides is 2. The van der Waals surface area contributed by atoms with Crippen LogP contribution >= 0.6 is 0 Å². The van der Waals surface area contributed by atoms with Gasteiger partial charge in [0.25, 0.3) is 11.8 Å². The van der Waals surface area contributed by atoms with Crippen LogP contribution in [0, 0.1) is 0 Å². The molecule has 0 radical (unpaired) electrons. The van der Waals surface area contributed by atoms with Crippen LogP contribution < -0.4 is 34.8 Å². The van der Waals surface area contributed by atoms with Crippen molar-refractivity contribution in [3.05, 3.63) is 42.0 Å². The molecule has 29 heavy (non-hydrogen) atoms. The summed E-state index contributed by atoms with van der Waals surface area (Å²) in [7, 11) is 1.46. The quantitative estimate of drug-likeness (QED) is 0.470. The molecule has 0 saturated carbocycles. The van der Waals surface area contributed by atoms with Crippen molar-refractivity contribution in [1.82, 2.24) is 5.43 Å². The highest BCUT2D eigenvalue weighted by Crippen LogP contribution is 2.35. The maximum absolute atomic E-state index is 11.9. The van der Waals surface area contributed by atoms with E-state index in [2.05, 4.69) is 10.5 Å². The normalized spacial score (nSPS) is 11.9. The molecule has 3 rings (SSSR count). The number of benzene rings is 2. The summed E-state index contributed by atoms with van der Waals surface area (Å²) >= 11 is 0. The second kappa shape index (κ2) is 9.31. The Labute approximate surface area is 166 Å². The van der Waals surface area contributed by atoms with Crippen molar-refractivity contribution < 1.29 is 33.3 Å². The molecular weight excluding hydrogens is 382 g/mol. The van der Waals surface area contributed by atoms with Crippen molar-refractivity contribution in [3.8, 4) is 28.7 Å². The second-order valence-electron chi connectivity index (χ2n) is 5.76. The highest BCUT2D eigenvalue weighted by molar-refractivity contribution is 5.83. The molecule has 3 N–H and O–H groups in total. The maximum atomic E-state index is 11.9. The van der Waals surface area contributed by atoms with Crippen molar-refractivity contribution in [2.45, 2.75) is 0 Å². The lowest BCUT2D eigenvalue weighted by Crippen LogP contribution is -2.24. The number of carbonyl (C=O) groups is 2. The fraction of sp³-hybridized carbons (Fsp3) is 0.211. The van der Waals surface area contributed by atoms with Gasteiger partial charge in [0.2, 0.25) is 6.79 Å². The van der Waals surface area contributed by atoms with Crippen LogP contribution in [0.5, 0.6) is 28.7 Å². The summed E-state index contributed by atoms with van der Waals surface area (Å²) in [5.41, 5.74) is 8.06. The van der Waals surface area contributed by atoms with Crippen LogP contribution in [0.3, 0.4) is 0 Å². The lowest BCUT2D eigenvalue weighted by molar-refractivity contribution is -0.123. The predicted octanol–water partition coefficient (Wildman–Crippen LogP) is 0.817. The monoisotopic (exact) mass is 401 g/mol. The Bertz CT molecular complexity index is 930. The van der Waals surface area contributed by atoms with E-state index < -0.39 is 11.8 Å². The van der Waals surface area contributed by atoms with Gasteiger partial charge < -0.3 is 29.4 Å². The zero-order valence-corrected chi connectivity index (χ0v) is 15.5.